The SMILES string of the molecule is CC(N)C(=O)Nc1ccc2c(ccc3nc4c(cc32)Cn2c-4cc3c(c2=O)COC(=O)C3O)c1. The van der Waals surface area contributed by atoms with E-state index in [2.05, 4.69) is 5.32 Å². The van der Waals surface area contributed by atoms with E-state index < -0.39 is 18.1 Å². The van der Waals surface area contributed by atoms with Crippen molar-refractivity contribution in [3.8, 4) is 11.4 Å². The first kappa shape index (κ1) is 20.5. The van der Waals surface area contributed by atoms with E-state index in [0.29, 0.717) is 29.2 Å². The van der Waals surface area contributed by atoms with E-state index in [1.165, 1.54) is 0 Å². The Bertz CT molecular complexity index is 1620. The van der Waals surface area contributed by atoms with Crippen LogP contribution in [0.5, 0.6) is 0 Å². The van der Waals surface area contributed by atoms with Gasteiger partial charge >= 0.3 is 5.97 Å². The van der Waals surface area contributed by atoms with Gasteiger partial charge in [0.2, 0.25) is 5.91 Å². The van der Waals surface area contributed by atoms with E-state index in [9.17, 15) is 19.5 Å². The molecule has 0 radical (unpaired) electrons. The zero-order chi connectivity index (χ0) is 23.7. The number of fused-ring (bicyclic) bond motifs is 7. The van der Waals surface area contributed by atoms with Crippen LogP contribution in [-0.2, 0) is 27.5 Å². The summed E-state index contributed by atoms with van der Waals surface area (Å²) in [5.41, 5.74) is 9.42. The van der Waals surface area contributed by atoms with Gasteiger partial charge in [0, 0.05) is 22.2 Å². The van der Waals surface area contributed by atoms with Gasteiger partial charge in [-0.3, -0.25) is 9.59 Å². The lowest BCUT2D eigenvalue weighted by atomic mass is 9.99. The van der Waals surface area contributed by atoms with Gasteiger partial charge in [0.1, 0.15) is 6.61 Å². The van der Waals surface area contributed by atoms with Crippen LogP contribution in [0.25, 0.3) is 33.1 Å². The third kappa shape index (κ3) is 2.94. The number of carbonyl (C=O) groups is 2. The van der Waals surface area contributed by atoms with Crippen LogP contribution in [-0.4, -0.2) is 32.6 Å². The Morgan fingerprint density at radius 2 is 2.03 bits per heavy atom. The average molecular weight is 456 g/mol. The molecule has 9 nitrogen and oxygen atoms in total. The highest BCUT2D eigenvalue weighted by molar-refractivity contribution is 6.08. The maximum Gasteiger partial charge on any atom is 0.340 e. The zero-order valence-electron chi connectivity index (χ0n) is 18.2. The van der Waals surface area contributed by atoms with Crippen molar-refractivity contribution in [3.05, 3.63) is 69.5 Å². The molecule has 6 rings (SSSR count). The number of aliphatic hydroxyl groups excluding tert-OH is 1. The first-order valence-electron chi connectivity index (χ1n) is 10.9. The highest BCUT2D eigenvalue weighted by Gasteiger charge is 2.33. The Kier molecular flexibility index (Phi) is 4.35. The van der Waals surface area contributed by atoms with E-state index in [1.807, 2.05) is 36.4 Å². The van der Waals surface area contributed by atoms with Gasteiger partial charge < -0.3 is 25.5 Å². The Hall–Kier alpha value is -4.08. The van der Waals surface area contributed by atoms with Crippen LogP contribution >= 0.6 is 0 Å². The topological polar surface area (TPSA) is 137 Å². The molecular formula is C25H20N4O5. The quantitative estimate of drug-likeness (QED) is 0.273. The molecule has 170 valence electrons. The summed E-state index contributed by atoms with van der Waals surface area (Å²) >= 11 is 0. The number of carbonyl (C=O) groups excluding carboxylic acids is 2. The number of amides is 1. The molecule has 2 aliphatic rings. The fourth-order valence-electron chi connectivity index (χ4n) is 4.67. The fourth-order valence-corrected chi connectivity index (χ4v) is 4.67. The van der Waals surface area contributed by atoms with E-state index in [1.54, 1.807) is 17.6 Å². The second-order valence-electron chi connectivity index (χ2n) is 8.71. The number of nitrogens with one attached hydrogen (secondary N) is 1. The van der Waals surface area contributed by atoms with Crippen molar-refractivity contribution in [1.82, 2.24) is 9.55 Å². The van der Waals surface area contributed by atoms with Crippen LogP contribution in [0.1, 0.15) is 29.7 Å². The number of rotatable bonds is 2. The Labute approximate surface area is 192 Å². The second kappa shape index (κ2) is 7.21. The van der Waals surface area contributed by atoms with Gasteiger partial charge in [0.05, 0.1) is 35.1 Å². The van der Waals surface area contributed by atoms with Crippen molar-refractivity contribution in [2.24, 2.45) is 5.73 Å². The van der Waals surface area contributed by atoms with E-state index in [-0.39, 0.29) is 23.6 Å². The highest BCUT2D eigenvalue weighted by atomic mass is 16.5. The van der Waals surface area contributed by atoms with Crippen LogP contribution in [0.4, 0.5) is 5.69 Å². The molecule has 4 heterocycles. The molecule has 0 spiro atoms. The molecule has 9 heteroatoms. The minimum Gasteiger partial charge on any atom is -0.458 e. The second-order valence-corrected chi connectivity index (χ2v) is 8.71. The molecule has 2 aromatic carbocycles. The third-order valence-electron chi connectivity index (χ3n) is 6.46. The maximum absolute atomic E-state index is 13.1. The fraction of sp³-hybridized carbons (Fsp3) is 0.200. The number of cyclic esters (lactones) is 1. The Morgan fingerprint density at radius 1 is 1.21 bits per heavy atom. The average Bonchev–Trinajstić information content (AvgIpc) is 3.18. The molecule has 4 N–H and O–H groups in total. The smallest absolute Gasteiger partial charge is 0.340 e. The van der Waals surface area contributed by atoms with Gasteiger partial charge in [-0.25, -0.2) is 9.78 Å². The van der Waals surface area contributed by atoms with Crippen LogP contribution in [0.2, 0.25) is 0 Å². The molecule has 0 saturated carbocycles. The summed E-state index contributed by atoms with van der Waals surface area (Å²) in [7, 11) is 0. The standard InChI is InChI=1S/C25H20N4O5/c1-11(26)23(31)27-14-3-4-15-12(6-14)2-5-19-16(15)7-13-9-29-20(21(13)28-19)8-17-18(24(29)32)10-34-25(33)22(17)30/h2-8,11,22,30H,9-10,26H2,1H3,(H,27,31). The van der Waals surface area contributed by atoms with Crippen molar-refractivity contribution in [2.45, 2.75) is 32.2 Å². The molecule has 2 unspecified atom stereocenters. The summed E-state index contributed by atoms with van der Waals surface area (Å²) in [4.78, 5) is 41.7. The number of benzene rings is 2. The van der Waals surface area contributed by atoms with Gasteiger partial charge in [-0.1, -0.05) is 12.1 Å². The van der Waals surface area contributed by atoms with Crippen LogP contribution < -0.4 is 16.6 Å². The minimum atomic E-state index is -1.48. The molecule has 0 aliphatic carbocycles. The highest BCUT2D eigenvalue weighted by Crippen LogP contribution is 2.37. The predicted molar refractivity (Wildman–Crippen MR) is 125 cm³/mol. The number of nitrogens with two attached hydrogens (primary N) is 1. The molecule has 4 aromatic rings. The minimum absolute atomic E-state index is 0.150. The number of hydrogen-bond acceptors (Lipinski definition) is 7. The van der Waals surface area contributed by atoms with Crippen LogP contribution in [0, 0.1) is 0 Å². The maximum atomic E-state index is 13.1. The molecule has 2 aliphatic heterocycles. The predicted octanol–water partition coefficient (Wildman–Crippen LogP) is 1.95. The van der Waals surface area contributed by atoms with Crippen molar-refractivity contribution in [1.29, 1.82) is 0 Å². The van der Waals surface area contributed by atoms with Crippen molar-refractivity contribution < 1.29 is 19.4 Å². The summed E-state index contributed by atoms with van der Waals surface area (Å²) in [5.74, 6) is -1.02. The normalized spacial score (nSPS) is 17.1. The van der Waals surface area contributed by atoms with Gasteiger partial charge in [-0.15, -0.1) is 0 Å². The Morgan fingerprint density at radius 3 is 2.82 bits per heavy atom. The molecule has 0 bridgehead atoms. The molecule has 2 atom stereocenters. The first-order chi connectivity index (χ1) is 16.3. The monoisotopic (exact) mass is 456 g/mol. The number of nitrogens with zero attached hydrogens (tertiary/aromatic N) is 2. The Balaban J connectivity index is 1.48. The summed E-state index contributed by atoms with van der Waals surface area (Å²) in [5, 5.41) is 15.9. The number of aliphatic hydroxyl groups is 1. The number of esters is 1. The van der Waals surface area contributed by atoms with Gasteiger partial charge in [-0.05, 0) is 48.0 Å². The molecule has 2 aromatic heterocycles. The van der Waals surface area contributed by atoms with Crippen LogP contribution in [0.3, 0.4) is 0 Å². The largest absolute Gasteiger partial charge is 0.458 e. The van der Waals surface area contributed by atoms with Crippen molar-refractivity contribution >= 4 is 39.2 Å². The first-order valence-corrected chi connectivity index (χ1v) is 10.9. The zero-order valence-corrected chi connectivity index (χ0v) is 18.2. The molecule has 0 saturated heterocycles. The third-order valence-corrected chi connectivity index (χ3v) is 6.46. The lowest BCUT2D eigenvalue weighted by molar-refractivity contribution is -0.157. The van der Waals surface area contributed by atoms with Gasteiger partial charge in [0.25, 0.3) is 5.56 Å². The summed E-state index contributed by atoms with van der Waals surface area (Å²) in [6, 6.07) is 12.5. The number of aromatic nitrogens is 2. The van der Waals surface area contributed by atoms with Gasteiger partial charge in [-0.2, -0.15) is 0 Å². The summed E-state index contributed by atoms with van der Waals surface area (Å²) in [6.07, 6.45) is -1.48. The summed E-state index contributed by atoms with van der Waals surface area (Å²) < 4.78 is 6.54. The van der Waals surface area contributed by atoms with Gasteiger partial charge in [0.15, 0.2) is 6.10 Å². The molecule has 1 amide bonds. The molecule has 34 heavy (non-hydrogen) atoms. The van der Waals surface area contributed by atoms with E-state index in [4.69, 9.17) is 15.5 Å². The molecule has 0 fully saturated rings. The van der Waals surface area contributed by atoms with E-state index in [0.717, 1.165) is 27.2 Å². The number of anilines is 1. The number of pyridine rings is 2. The number of hydrogen-bond donors (Lipinski definition) is 3. The summed E-state index contributed by atoms with van der Waals surface area (Å²) in [6.45, 7) is 1.81. The number of ether oxygens (including phenoxy) is 1. The van der Waals surface area contributed by atoms with Crippen molar-refractivity contribution in [2.75, 3.05) is 5.32 Å². The molecular weight excluding hydrogens is 436 g/mol. The lowest BCUT2D eigenvalue weighted by Gasteiger charge is -2.21. The van der Waals surface area contributed by atoms with E-state index >= 15 is 0 Å². The lowest BCUT2D eigenvalue weighted by Crippen LogP contribution is -2.32. The van der Waals surface area contributed by atoms with Crippen LogP contribution in [0.15, 0.2) is 47.3 Å². The van der Waals surface area contributed by atoms with Crippen molar-refractivity contribution in [3.63, 3.8) is 0 Å².